The zero-order valence-corrected chi connectivity index (χ0v) is 31.1. The number of ether oxygens (including phenoxy) is 4. The summed E-state index contributed by atoms with van der Waals surface area (Å²) in [7, 11) is 0. The van der Waals surface area contributed by atoms with Gasteiger partial charge in [0.05, 0.1) is 13.2 Å². The highest BCUT2D eigenvalue weighted by molar-refractivity contribution is 5.91. The van der Waals surface area contributed by atoms with Crippen LogP contribution >= 0.6 is 0 Å². The first-order valence-electron chi connectivity index (χ1n) is 18.1. The fourth-order valence-corrected chi connectivity index (χ4v) is 4.93. The van der Waals surface area contributed by atoms with Gasteiger partial charge in [-0.15, -0.1) is 0 Å². The lowest BCUT2D eigenvalue weighted by Gasteiger charge is -2.14. The molecular weight excluding hydrogens is 704 g/mol. The molecule has 292 valence electrons. The van der Waals surface area contributed by atoms with E-state index in [0.29, 0.717) is 37.6 Å². The third-order valence-corrected chi connectivity index (χ3v) is 8.29. The zero-order valence-electron chi connectivity index (χ0n) is 31.1. The average Bonchev–Trinajstić information content (AvgIpc) is 4.04. The van der Waals surface area contributed by atoms with Crippen LogP contribution in [-0.2, 0) is 32.2 Å². The van der Waals surface area contributed by atoms with Crippen LogP contribution in [0, 0.1) is 11.8 Å². The molecule has 0 radical (unpaired) electrons. The van der Waals surface area contributed by atoms with Crippen molar-refractivity contribution < 1.29 is 65.4 Å². The van der Waals surface area contributed by atoms with E-state index in [1.54, 1.807) is 0 Å². The molecule has 0 aromatic carbocycles. The first kappa shape index (κ1) is 42.8. The van der Waals surface area contributed by atoms with Gasteiger partial charge in [-0.1, -0.05) is 66.2 Å². The van der Waals surface area contributed by atoms with Gasteiger partial charge in [-0.2, -0.15) is 0 Å². The highest BCUT2D eigenvalue weighted by Gasteiger charge is 2.21. The normalized spacial score (nSPS) is 11.8. The summed E-state index contributed by atoms with van der Waals surface area (Å²) in [5, 5.41) is 0. The van der Waals surface area contributed by atoms with Crippen molar-refractivity contribution in [3.05, 3.63) is 94.6 Å². The molecule has 14 heteroatoms. The van der Waals surface area contributed by atoms with Crippen molar-refractivity contribution >= 4 is 36.4 Å². The van der Waals surface area contributed by atoms with Crippen LogP contribution in [0.3, 0.4) is 0 Å². The van der Waals surface area contributed by atoms with Crippen LogP contribution in [0.15, 0.2) is 66.2 Å². The van der Waals surface area contributed by atoms with Gasteiger partial charge < -0.3 is 36.6 Å². The van der Waals surface area contributed by atoms with Crippen LogP contribution in [0.1, 0.15) is 154 Å². The molecule has 4 rings (SSSR count). The molecule has 54 heavy (non-hydrogen) atoms. The molecule has 0 aliphatic heterocycles. The Bertz CT molecular complexity index is 1650. The molecule has 2 atom stereocenters. The van der Waals surface area contributed by atoms with Crippen molar-refractivity contribution in [2.75, 3.05) is 13.2 Å². The SMILES string of the molecule is CCCCC(CC)COC(=O)c1ccc(C(=O)OCC(CC)CCCC)o1.O=Cc1ccc(COC(=O)c2ccc(C(=O)OCc3ccc(C=O)o3)o2)o1. The summed E-state index contributed by atoms with van der Waals surface area (Å²) in [5.41, 5.74) is 0. The van der Waals surface area contributed by atoms with E-state index in [1.807, 2.05) is 0 Å². The van der Waals surface area contributed by atoms with E-state index >= 15 is 0 Å². The van der Waals surface area contributed by atoms with Crippen LogP contribution in [-0.4, -0.2) is 49.7 Å². The predicted octanol–water partition coefficient (Wildman–Crippen LogP) is 8.83. The van der Waals surface area contributed by atoms with Gasteiger partial charge in [0, 0.05) is 0 Å². The average molecular weight is 753 g/mol. The second-order valence-electron chi connectivity index (χ2n) is 12.4. The Kier molecular flexibility index (Phi) is 18.3. The number of rotatable bonds is 22. The summed E-state index contributed by atoms with van der Waals surface area (Å²) < 4.78 is 41.2. The number of esters is 4. The lowest BCUT2D eigenvalue weighted by atomic mass is 10.0. The lowest BCUT2D eigenvalue weighted by Crippen LogP contribution is -2.14. The molecule has 0 saturated carbocycles. The van der Waals surface area contributed by atoms with Gasteiger partial charge in [0.15, 0.2) is 24.1 Å². The predicted molar refractivity (Wildman–Crippen MR) is 191 cm³/mol. The Labute approximate surface area is 313 Å². The minimum absolute atomic E-state index is 0.0466. The van der Waals surface area contributed by atoms with Crippen LogP contribution in [0.25, 0.3) is 0 Å². The first-order valence-corrected chi connectivity index (χ1v) is 18.1. The maximum Gasteiger partial charge on any atom is 0.374 e. The zero-order chi connectivity index (χ0) is 39.3. The third kappa shape index (κ3) is 14.1. The van der Waals surface area contributed by atoms with Gasteiger partial charge in [0.2, 0.25) is 23.0 Å². The van der Waals surface area contributed by atoms with Crippen LogP contribution < -0.4 is 0 Å². The molecular formula is C40H48O14. The number of unbranched alkanes of at least 4 members (excludes halogenated alkanes) is 2. The van der Waals surface area contributed by atoms with E-state index in [0.717, 1.165) is 51.4 Å². The molecule has 0 spiro atoms. The monoisotopic (exact) mass is 752 g/mol. The number of carbonyl (C=O) groups is 6. The van der Waals surface area contributed by atoms with Gasteiger partial charge in [-0.25, -0.2) is 19.2 Å². The molecule has 0 aliphatic carbocycles. The molecule has 0 saturated heterocycles. The maximum atomic E-state index is 12.1. The summed E-state index contributed by atoms with van der Waals surface area (Å²) in [6, 6.07) is 11.3. The van der Waals surface area contributed by atoms with Crippen molar-refractivity contribution in [2.45, 2.75) is 92.3 Å². The minimum Gasteiger partial charge on any atom is -0.460 e. The minimum atomic E-state index is -0.820. The van der Waals surface area contributed by atoms with Crippen molar-refractivity contribution in [1.29, 1.82) is 0 Å². The Hall–Kier alpha value is -5.66. The Morgan fingerprint density at radius 2 is 0.870 bits per heavy atom. The molecule has 2 unspecified atom stereocenters. The highest BCUT2D eigenvalue weighted by Crippen LogP contribution is 2.18. The maximum absolute atomic E-state index is 12.1. The van der Waals surface area contributed by atoms with Crippen LogP contribution in [0.4, 0.5) is 0 Å². The topological polar surface area (TPSA) is 192 Å². The van der Waals surface area contributed by atoms with Gasteiger partial charge in [0.25, 0.3) is 0 Å². The van der Waals surface area contributed by atoms with Gasteiger partial charge in [-0.3, -0.25) is 9.59 Å². The Morgan fingerprint density at radius 3 is 1.17 bits per heavy atom. The van der Waals surface area contributed by atoms with Crippen molar-refractivity contribution in [3.63, 3.8) is 0 Å². The summed E-state index contributed by atoms with van der Waals surface area (Å²) >= 11 is 0. The molecule has 4 aromatic heterocycles. The Balaban J connectivity index is 0.000000290. The second kappa shape index (κ2) is 23.1. The van der Waals surface area contributed by atoms with Crippen molar-refractivity contribution in [2.24, 2.45) is 11.8 Å². The van der Waals surface area contributed by atoms with E-state index in [4.69, 9.17) is 36.6 Å². The lowest BCUT2D eigenvalue weighted by molar-refractivity contribution is 0.0348. The molecule has 0 amide bonds. The Morgan fingerprint density at radius 1 is 0.519 bits per heavy atom. The molecule has 0 bridgehead atoms. The highest BCUT2D eigenvalue weighted by atomic mass is 16.6. The molecule has 4 heterocycles. The van der Waals surface area contributed by atoms with E-state index < -0.39 is 23.9 Å². The number of aldehydes is 2. The number of hydrogen-bond donors (Lipinski definition) is 0. The van der Waals surface area contributed by atoms with Crippen LogP contribution in [0.5, 0.6) is 0 Å². The van der Waals surface area contributed by atoms with Crippen LogP contribution in [0.2, 0.25) is 0 Å². The number of hydrogen-bond acceptors (Lipinski definition) is 14. The molecule has 0 N–H and O–H groups in total. The van der Waals surface area contributed by atoms with E-state index in [2.05, 4.69) is 27.7 Å². The smallest absolute Gasteiger partial charge is 0.374 e. The van der Waals surface area contributed by atoms with Gasteiger partial charge >= 0.3 is 23.9 Å². The number of carbonyl (C=O) groups excluding carboxylic acids is 6. The van der Waals surface area contributed by atoms with Gasteiger partial charge in [-0.05, 0) is 73.2 Å². The largest absolute Gasteiger partial charge is 0.460 e. The van der Waals surface area contributed by atoms with Crippen molar-refractivity contribution in [3.8, 4) is 0 Å². The quantitative estimate of drug-likeness (QED) is 0.0420. The summed E-state index contributed by atoms with van der Waals surface area (Å²) in [5.74, 6) is -1.50. The summed E-state index contributed by atoms with van der Waals surface area (Å²) in [6.45, 7) is 8.84. The molecule has 4 aromatic rings. The third-order valence-electron chi connectivity index (χ3n) is 8.29. The fourth-order valence-electron chi connectivity index (χ4n) is 4.93. The van der Waals surface area contributed by atoms with E-state index in [9.17, 15) is 28.8 Å². The van der Waals surface area contributed by atoms with Gasteiger partial charge in [0.1, 0.15) is 24.7 Å². The molecule has 14 nitrogen and oxygen atoms in total. The summed E-state index contributed by atoms with van der Waals surface area (Å²) in [6.07, 6.45) is 9.61. The standard InChI is InChI=1S/C22H36O5.C18H12O9/c1-5-9-11-17(7-3)15-25-21(23)19-13-14-20(27-19)22(24)26-16-18(8-4)12-10-6-2;19-7-11-1-3-13(25-11)9-23-17(21)15-5-6-16(27-15)18(22)24-10-14-4-2-12(8-20)26-14/h13-14,17-18H,5-12,15-16H2,1-4H3;1-8H,9-10H2. The molecule has 0 aliphatic rings. The first-order chi connectivity index (χ1) is 26.1. The summed E-state index contributed by atoms with van der Waals surface area (Å²) in [4.78, 5) is 69.2. The fraction of sp³-hybridized carbons (Fsp3) is 0.450. The van der Waals surface area contributed by atoms with E-state index in [1.165, 1.54) is 48.5 Å². The number of furan rings is 4. The van der Waals surface area contributed by atoms with E-state index in [-0.39, 0.29) is 59.3 Å². The van der Waals surface area contributed by atoms with Crippen molar-refractivity contribution in [1.82, 2.24) is 0 Å². The molecule has 0 fully saturated rings. The second-order valence-corrected chi connectivity index (χ2v) is 12.4.